The molecule has 4 nitrogen and oxygen atoms in total. The van der Waals surface area contributed by atoms with E-state index in [-0.39, 0.29) is 5.91 Å². The summed E-state index contributed by atoms with van der Waals surface area (Å²) in [5.41, 5.74) is 5.55. The molecule has 3 atom stereocenters. The lowest BCUT2D eigenvalue weighted by Crippen LogP contribution is -2.42. The molecule has 3 rings (SSSR count). The number of nitrogens with one attached hydrogen (secondary N) is 1. The van der Waals surface area contributed by atoms with E-state index in [1.54, 1.807) is 0 Å². The van der Waals surface area contributed by atoms with E-state index in [4.69, 9.17) is 5.73 Å². The van der Waals surface area contributed by atoms with Crippen LogP contribution < -0.4 is 11.1 Å². The van der Waals surface area contributed by atoms with Crippen molar-refractivity contribution in [3.8, 4) is 0 Å². The molecule has 1 amide bonds. The van der Waals surface area contributed by atoms with Crippen molar-refractivity contribution in [2.45, 2.75) is 19.0 Å². The second-order valence-electron chi connectivity index (χ2n) is 4.86. The van der Waals surface area contributed by atoms with Gasteiger partial charge in [0.15, 0.2) is 0 Å². The minimum atomic E-state index is 0.0634. The fourth-order valence-corrected chi connectivity index (χ4v) is 3.59. The summed E-state index contributed by atoms with van der Waals surface area (Å²) in [6.07, 6.45) is 1.23. The monoisotopic (exact) mass is 251 g/mol. The molecular weight excluding hydrogens is 234 g/mol. The molecule has 2 aliphatic heterocycles. The van der Waals surface area contributed by atoms with Crippen LogP contribution >= 0.6 is 11.3 Å². The maximum absolute atomic E-state index is 12.0. The first-order valence-corrected chi connectivity index (χ1v) is 6.90. The highest BCUT2D eigenvalue weighted by Crippen LogP contribution is 2.28. The number of amides is 1. The summed E-state index contributed by atoms with van der Waals surface area (Å²) in [4.78, 5) is 16.3. The number of piperidine rings is 1. The maximum Gasteiger partial charge on any atom is 0.261 e. The molecule has 1 unspecified atom stereocenters. The van der Waals surface area contributed by atoms with Crippen LogP contribution in [0.15, 0.2) is 12.1 Å². The van der Waals surface area contributed by atoms with Gasteiger partial charge in [0.25, 0.3) is 5.91 Å². The number of hydrogen-bond acceptors (Lipinski definition) is 4. The smallest absolute Gasteiger partial charge is 0.261 e. The van der Waals surface area contributed by atoms with Gasteiger partial charge < -0.3 is 16.0 Å². The second-order valence-corrected chi connectivity index (χ2v) is 6.03. The molecule has 2 fully saturated rings. The van der Waals surface area contributed by atoms with Gasteiger partial charge in [-0.3, -0.25) is 4.79 Å². The van der Waals surface area contributed by atoms with Crippen molar-refractivity contribution in [2.24, 2.45) is 11.7 Å². The zero-order valence-electron chi connectivity index (χ0n) is 9.69. The van der Waals surface area contributed by atoms with E-state index in [0.29, 0.717) is 18.5 Å². The molecule has 0 saturated carbocycles. The largest absolute Gasteiger partial charge is 0.347 e. The molecule has 2 bridgehead atoms. The molecule has 17 heavy (non-hydrogen) atoms. The zero-order chi connectivity index (χ0) is 11.8. The van der Waals surface area contributed by atoms with Crippen LogP contribution in [-0.4, -0.2) is 36.5 Å². The molecular formula is C12H17N3OS. The van der Waals surface area contributed by atoms with Gasteiger partial charge in [-0.25, -0.2) is 0 Å². The van der Waals surface area contributed by atoms with Crippen molar-refractivity contribution in [2.75, 3.05) is 19.6 Å². The van der Waals surface area contributed by atoms with Crippen LogP contribution in [0.25, 0.3) is 0 Å². The lowest BCUT2D eigenvalue weighted by molar-refractivity contribution is 0.0928. The Labute approximate surface area is 105 Å². The van der Waals surface area contributed by atoms with Crippen molar-refractivity contribution in [3.63, 3.8) is 0 Å². The Bertz CT molecular complexity index is 431. The summed E-state index contributed by atoms with van der Waals surface area (Å²) in [7, 11) is 0. The van der Waals surface area contributed by atoms with Gasteiger partial charge in [-0.1, -0.05) is 0 Å². The average molecular weight is 251 g/mol. The Morgan fingerprint density at radius 3 is 3.00 bits per heavy atom. The highest BCUT2D eigenvalue weighted by atomic mass is 32.1. The van der Waals surface area contributed by atoms with E-state index in [1.165, 1.54) is 24.3 Å². The van der Waals surface area contributed by atoms with Crippen LogP contribution in [0.2, 0.25) is 0 Å². The third-order valence-corrected chi connectivity index (χ3v) is 4.84. The van der Waals surface area contributed by atoms with Gasteiger partial charge in [-0.05, 0) is 31.0 Å². The molecule has 0 spiro atoms. The summed E-state index contributed by atoms with van der Waals surface area (Å²) >= 11 is 1.49. The van der Waals surface area contributed by atoms with Gasteiger partial charge in [-0.15, -0.1) is 11.3 Å². The Balaban J connectivity index is 1.63. The van der Waals surface area contributed by atoms with E-state index >= 15 is 0 Å². The van der Waals surface area contributed by atoms with Crippen LogP contribution in [-0.2, 0) is 6.54 Å². The van der Waals surface area contributed by atoms with Gasteiger partial charge in [-0.2, -0.15) is 0 Å². The van der Waals surface area contributed by atoms with Crippen LogP contribution in [0.3, 0.4) is 0 Å². The minimum absolute atomic E-state index is 0.0634. The number of nitrogens with two attached hydrogens (primary N) is 1. The van der Waals surface area contributed by atoms with Crippen LogP contribution in [0, 0.1) is 5.92 Å². The summed E-state index contributed by atoms with van der Waals surface area (Å²) in [5.74, 6) is 0.723. The van der Waals surface area contributed by atoms with Crippen molar-refractivity contribution in [1.29, 1.82) is 0 Å². The number of rotatable bonds is 3. The van der Waals surface area contributed by atoms with E-state index in [0.717, 1.165) is 22.8 Å². The van der Waals surface area contributed by atoms with Crippen molar-refractivity contribution >= 4 is 17.2 Å². The van der Waals surface area contributed by atoms with E-state index in [1.807, 2.05) is 12.1 Å². The van der Waals surface area contributed by atoms with Gasteiger partial charge in [0.2, 0.25) is 0 Å². The molecule has 0 aromatic carbocycles. The first-order valence-electron chi connectivity index (χ1n) is 6.08. The Kier molecular flexibility index (Phi) is 2.90. The maximum atomic E-state index is 12.0. The number of hydrogen-bond donors (Lipinski definition) is 2. The molecule has 0 radical (unpaired) electrons. The Morgan fingerprint density at radius 1 is 1.53 bits per heavy atom. The Morgan fingerprint density at radius 2 is 2.41 bits per heavy atom. The quantitative estimate of drug-likeness (QED) is 0.829. The first-order chi connectivity index (χ1) is 8.26. The molecule has 92 valence electrons. The summed E-state index contributed by atoms with van der Waals surface area (Å²) in [6.45, 7) is 3.89. The molecule has 2 saturated heterocycles. The summed E-state index contributed by atoms with van der Waals surface area (Å²) < 4.78 is 0. The first kappa shape index (κ1) is 11.2. The van der Waals surface area contributed by atoms with Crippen LogP contribution in [0.1, 0.15) is 21.0 Å². The average Bonchev–Trinajstić information content (AvgIpc) is 3.04. The third kappa shape index (κ3) is 2.10. The van der Waals surface area contributed by atoms with Gasteiger partial charge in [0.05, 0.1) is 4.88 Å². The van der Waals surface area contributed by atoms with E-state index < -0.39 is 0 Å². The van der Waals surface area contributed by atoms with E-state index in [2.05, 4.69) is 10.2 Å². The molecule has 1 aromatic rings. The molecule has 1 aromatic heterocycles. The van der Waals surface area contributed by atoms with Crippen LogP contribution in [0.4, 0.5) is 0 Å². The fraction of sp³-hybridized carbons (Fsp3) is 0.583. The second kappa shape index (κ2) is 4.40. The third-order valence-electron chi connectivity index (χ3n) is 3.74. The van der Waals surface area contributed by atoms with Gasteiger partial charge in [0.1, 0.15) is 0 Å². The van der Waals surface area contributed by atoms with Crippen molar-refractivity contribution in [1.82, 2.24) is 10.2 Å². The minimum Gasteiger partial charge on any atom is -0.347 e. The molecule has 3 N–H and O–H groups in total. The van der Waals surface area contributed by atoms with Gasteiger partial charge >= 0.3 is 0 Å². The molecule has 3 heterocycles. The number of carbonyl (C=O) groups excluding carboxylic acids is 1. The van der Waals surface area contributed by atoms with Crippen molar-refractivity contribution < 1.29 is 4.79 Å². The predicted octanol–water partition coefficient (Wildman–Crippen LogP) is 0.641. The Hall–Kier alpha value is -0.910. The zero-order valence-corrected chi connectivity index (χ0v) is 10.5. The lowest BCUT2D eigenvalue weighted by atomic mass is 10.00. The SMILES string of the molecule is NCc1ccc(C(=O)N[C@H]2CN3CC[C@@H]2C3)s1. The number of thiophene rings is 1. The van der Waals surface area contributed by atoms with E-state index in [9.17, 15) is 4.79 Å². The topological polar surface area (TPSA) is 58.4 Å². The van der Waals surface area contributed by atoms with Crippen LogP contribution in [0.5, 0.6) is 0 Å². The fourth-order valence-electron chi connectivity index (χ4n) is 2.80. The summed E-state index contributed by atoms with van der Waals surface area (Å²) in [5, 5.41) is 3.15. The molecule has 0 aliphatic carbocycles. The number of carbonyl (C=O) groups is 1. The normalized spacial score (nSPS) is 30.8. The molecule has 5 heteroatoms. The number of nitrogens with zero attached hydrogens (tertiary/aromatic N) is 1. The predicted molar refractivity (Wildman–Crippen MR) is 68.0 cm³/mol. The summed E-state index contributed by atoms with van der Waals surface area (Å²) in [6, 6.07) is 4.15. The highest BCUT2D eigenvalue weighted by molar-refractivity contribution is 7.14. The highest BCUT2D eigenvalue weighted by Gasteiger charge is 2.38. The number of fused-ring (bicyclic) bond motifs is 2. The molecule has 2 aliphatic rings. The van der Waals surface area contributed by atoms with Crippen molar-refractivity contribution in [3.05, 3.63) is 21.9 Å². The standard InChI is InChI=1S/C12H17N3OS/c13-5-9-1-2-11(17-9)12(16)14-10-7-15-4-3-8(10)6-15/h1-2,8,10H,3-7,13H2,(H,14,16)/t8-,10+/m1/s1. The van der Waals surface area contributed by atoms with Gasteiger partial charge in [0, 0.05) is 30.6 Å². The lowest BCUT2D eigenvalue weighted by Gasteiger charge is -2.22.